The number of hydrogen-bond donors (Lipinski definition) is 1. The summed E-state index contributed by atoms with van der Waals surface area (Å²) in [5.74, 6) is -0.809. The summed E-state index contributed by atoms with van der Waals surface area (Å²) in [7, 11) is 1.51. The molecule has 3 rings (SSSR count). The Kier molecular flexibility index (Phi) is 5.31. The third-order valence-electron chi connectivity index (χ3n) is 4.20. The number of fused-ring (bicyclic) bond motifs is 1. The summed E-state index contributed by atoms with van der Waals surface area (Å²) in [6, 6.07) is 10.9. The molecule has 6 nitrogen and oxygen atoms in total. The third kappa shape index (κ3) is 3.59. The zero-order valence-corrected chi connectivity index (χ0v) is 14.9. The van der Waals surface area contributed by atoms with Crippen LogP contribution in [0.15, 0.2) is 48.8 Å². The lowest BCUT2D eigenvalue weighted by molar-refractivity contribution is -0.112. The van der Waals surface area contributed by atoms with Gasteiger partial charge in [0.05, 0.1) is 24.6 Å². The lowest BCUT2D eigenvalue weighted by Crippen LogP contribution is -2.22. The lowest BCUT2D eigenvalue weighted by atomic mass is 10.1. The van der Waals surface area contributed by atoms with E-state index in [9.17, 15) is 9.59 Å². The Labute approximate surface area is 151 Å². The molecule has 0 fully saturated rings. The van der Waals surface area contributed by atoms with Gasteiger partial charge in [-0.2, -0.15) is 0 Å². The number of carbonyl (C=O) groups excluding carboxylic acids is 2. The fraction of sp³-hybridized carbons (Fsp3) is 0.250. The van der Waals surface area contributed by atoms with Gasteiger partial charge in [0.25, 0.3) is 11.7 Å². The highest BCUT2D eigenvalue weighted by Crippen LogP contribution is 2.23. The van der Waals surface area contributed by atoms with Crippen LogP contribution < -0.4 is 10.1 Å². The van der Waals surface area contributed by atoms with Crippen LogP contribution in [0.25, 0.3) is 10.9 Å². The second kappa shape index (κ2) is 7.82. The molecule has 1 N–H and O–H groups in total. The summed E-state index contributed by atoms with van der Waals surface area (Å²) < 4.78 is 7.02. The van der Waals surface area contributed by atoms with Crippen molar-refractivity contribution in [2.45, 2.75) is 26.3 Å². The number of ether oxygens (including phenoxy) is 1. The number of ketones is 1. The minimum absolute atomic E-state index is 0.413. The molecule has 6 heteroatoms. The number of methoxy groups -OCH3 is 1. The number of rotatable bonds is 7. The van der Waals surface area contributed by atoms with Crippen LogP contribution in [-0.4, -0.2) is 28.4 Å². The van der Waals surface area contributed by atoms with E-state index in [1.54, 1.807) is 18.3 Å². The molecule has 0 atom stereocenters. The molecule has 2 aromatic heterocycles. The van der Waals surface area contributed by atoms with E-state index in [0.29, 0.717) is 17.1 Å². The van der Waals surface area contributed by atoms with Crippen LogP contribution in [0.4, 0.5) is 5.69 Å². The van der Waals surface area contributed by atoms with Crippen molar-refractivity contribution in [1.29, 1.82) is 0 Å². The number of pyridine rings is 1. The smallest absolute Gasteiger partial charge is 0.296 e. The first-order valence-corrected chi connectivity index (χ1v) is 8.57. The fourth-order valence-electron chi connectivity index (χ4n) is 2.83. The molecule has 2 heterocycles. The number of benzene rings is 1. The average Bonchev–Trinajstić information content (AvgIpc) is 3.05. The molecule has 26 heavy (non-hydrogen) atoms. The molecule has 0 saturated carbocycles. The fourth-order valence-corrected chi connectivity index (χ4v) is 2.83. The highest BCUT2D eigenvalue weighted by Gasteiger charge is 2.21. The predicted octanol–water partition coefficient (Wildman–Crippen LogP) is 3.67. The molecular weight excluding hydrogens is 330 g/mol. The van der Waals surface area contributed by atoms with E-state index in [0.717, 1.165) is 30.3 Å². The average molecular weight is 351 g/mol. The minimum Gasteiger partial charge on any atom is -0.481 e. The molecule has 1 amide bonds. The summed E-state index contributed by atoms with van der Waals surface area (Å²) in [6.45, 7) is 2.93. The summed E-state index contributed by atoms with van der Waals surface area (Å²) in [5.41, 5.74) is 1.82. The normalized spacial score (nSPS) is 10.7. The number of aromatic nitrogens is 2. The predicted molar refractivity (Wildman–Crippen MR) is 101 cm³/mol. The largest absolute Gasteiger partial charge is 0.481 e. The maximum absolute atomic E-state index is 12.7. The van der Waals surface area contributed by atoms with Crippen LogP contribution in [-0.2, 0) is 11.3 Å². The van der Waals surface area contributed by atoms with E-state index in [1.807, 2.05) is 28.8 Å². The first-order valence-electron chi connectivity index (χ1n) is 8.57. The molecule has 1 aromatic carbocycles. The quantitative estimate of drug-likeness (QED) is 0.521. The first kappa shape index (κ1) is 17.7. The van der Waals surface area contributed by atoms with Gasteiger partial charge in [-0.25, -0.2) is 4.98 Å². The van der Waals surface area contributed by atoms with E-state index >= 15 is 0 Å². The van der Waals surface area contributed by atoms with Crippen molar-refractivity contribution in [3.8, 4) is 5.88 Å². The van der Waals surface area contributed by atoms with E-state index in [1.165, 1.54) is 13.3 Å². The molecule has 0 unspecified atom stereocenters. The summed E-state index contributed by atoms with van der Waals surface area (Å²) >= 11 is 0. The van der Waals surface area contributed by atoms with Gasteiger partial charge in [0.1, 0.15) is 0 Å². The SMILES string of the molecule is CCCCn1cc(C(=O)C(=O)Nc2ccc(OC)nc2)c2ccccc21. The number of unbranched alkanes of at least 4 members (excludes halogenated alkanes) is 1. The van der Waals surface area contributed by atoms with Crippen LogP contribution >= 0.6 is 0 Å². The summed E-state index contributed by atoms with van der Waals surface area (Å²) in [4.78, 5) is 29.1. The minimum atomic E-state index is -0.685. The van der Waals surface area contributed by atoms with Crippen molar-refractivity contribution >= 4 is 28.3 Å². The molecule has 0 spiro atoms. The molecule has 0 aliphatic heterocycles. The number of carbonyl (C=O) groups is 2. The maximum Gasteiger partial charge on any atom is 0.296 e. The molecule has 0 radical (unpaired) electrons. The number of anilines is 1. The van der Waals surface area contributed by atoms with E-state index < -0.39 is 11.7 Å². The van der Waals surface area contributed by atoms with Gasteiger partial charge in [-0.15, -0.1) is 0 Å². The Morgan fingerprint density at radius 3 is 2.69 bits per heavy atom. The molecule has 0 bridgehead atoms. The highest BCUT2D eigenvalue weighted by molar-refractivity contribution is 6.48. The van der Waals surface area contributed by atoms with Gasteiger partial charge in [-0.1, -0.05) is 31.5 Å². The Bertz CT molecular complexity index is 929. The highest BCUT2D eigenvalue weighted by atomic mass is 16.5. The van der Waals surface area contributed by atoms with Crippen LogP contribution in [0.3, 0.4) is 0 Å². The molecule has 134 valence electrons. The standard InChI is InChI=1S/C20H21N3O3/c1-3-4-11-23-13-16(15-7-5-6-8-17(15)23)19(24)20(25)22-14-9-10-18(26-2)21-12-14/h5-10,12-13H,3-4,11H2,1-2H3,(H,22,25). The topological polar surface area (TPSA) is 73.2 Å². The zero-order chi connectivity index (χ0) is 18.5. The number of nitrogens with zero attached hydrogens (tertiary/aromatic N) is 2. The van der Waals surface area contributed by atoms with Crippen molar-refractivity contribution < 1.29 is 14.3 Å². The van der Waals surface area contributed by atoms with Gasteiger partial charge in [-0.3, -0.25) is 9.59 Å². The lowest BCUT2D eigenvalue weighted by Gasteiger charge is -2.04. The molecule has 0 saturated heterocycles. The zero-order valence-electron chi connectivity index (χ0n) is 14.9. The number of hydrogen-bond acceptors (Lipinski definition) is 4. The van der Waals surface area contributed by atoms with Gasteiger partial charge in [0.15, 0.2) is 0 Å². The Hall–Kier alpha value is -3.15. The van der Waals surface area contributed by atoms with Crippen LogP contribution in [0.5, 0.6) is 5.88 Å². The summed E-state index contributed by atoms with van der Waals surface area (Å²) in [6.07, 6.45) is 5.29. The van der Waals surface area contributed by atoms with Crippen molar-refractivity contribution in [2.75, 3.05) is 12.4 Å². The Morgan fingerprint density at radius 1 is 1.19 bits per heavy atom. The number of para-hydroxylation sites is 1. The molecular formula is C20H21N3O3. The van der Waals surface area contributed by atoms with Crippen LogP contribution in [0, 0.1) is 0 Å². The number of nitrogens with one attached hydrogen (secondary N) is 1. The monoisotopic (exact) mass is 351 g/mol. The van der Waals surface area contributed by atoms with Gasteiger partial charge in [0.2, 0.25) is 5.88 Å². The van der Waals surface area contributed by atoms with Crippen LogP contribution in [0.2, 0.25) is 0 Å². The van der Waals surface area contributed by atoms with E-state index in [-0.39, 0.29) is 0 Å². The second-order valence-corrected chi connectivity index (χ2v) is 5.98. The van der Waals surface area contributed by atoms with Crippen molar-refractivity contribution in [2.24, 2.45) is 0 Å². The number of Topliss-reactive ketones (excluding diaryl/α,β-unsaturated/α-hetero) is 1. The van der Waals surface area contributed by atoms with Crippen molar-refractivity contribution in [3.63, 3.8) is 0 Å². The maximum atomic E-state index is 12.7. The second-order valence-electron chi connectivity index (χ2n) is 5.98. The molecule has 0 aliphatic carbocycles. The summed E-state index contributed by atoms with van der Waals surface area (Å²) in [5, 5.41) is 3.38. The Balaban J connectivity index is 1.85. The van der Waals surface area contributed by atoms with Gasteiger partial charge in [-0.05, 0) is 18.6 Å². The van der Waals surface area contributed by atoms with Crippen LogP contribution in [0.1, 0.15) is 30.1 Å². The van der Waals surface area contributed by atoms with E-state index in [2.05, 4.69) is 17.2 Å². The Morgan fingerprint density at radius 2 is 2.00 bits per heavy atom. The first-order chi connectivity index (χ1) is 12.6. The van der Waals surface area contributed by atoms with Crippen molar-refractivity contribution in [1.82, 2.24) is 9.55 Å². The third-order valence-corrected chi connectivity index (χ3v) is 4.20. The number of amides is 1. The van der Waals surface area contributed by atoms with Gasteiger partial charge < -0.3 is 14.6 Å². The molecule has 0 aliphatic rings. The van der Waals surface area contributed by atoms with Gasteiger partial charge in [0, 0.05) is 29.7 Å². The van der Waals surface area contributed by atoms with Crippen molar-refractivity contribution in [3.05, 3.63) is 54.4 Å². The van der Waals surface area contributed by atoms with E-state index in [4.69, 9.17) is 4.74 Å². The van der Waals surface area contributed by atoms with Gasteiger partial charge >= 0.3 is 0 Å². The molecule has 3 aromatic rings. The number of aryl methyl sites for hydroxylation is 1.